The maximum atomic E-state index is 12.3. The fraction of sp³-hybridized carbons (Fsp3) is 0.632. The highest BCUT2D eigenvalue weighted by atomic mass is 16.5. The molecule has 1 aliphatic rings. The molecule has 0 radical (unpaired) electrons. The Bertz CT molecular complexity index is 492. The zero-order chi connectivity index (χ0) is 15.9. The van der Waals surface area contributed by atoms with Crippen molar-refractivity contribution in [3.05, 3.63) is 29.3 Å². The molecule has 1 saturated carbocycles. The zero-order valence-corrected chi connectivity index (χ0v) is 14.2. The van der Waals surface area contributed by atoms with Crippen LogP contribution in [0.15, 0.2) is 18.2 Å². The Labute approximate surface area is 134 Å². The van der Waals surface area contributed by atoms with Gasteiger partial charge in [-0.15, -0.1) is 0 Å². The van der Waals surface area contributed by atoms with E-state index in [1.165, 1.54) is 43.2 Å². The molecule has 22 heavy (non-hydrogen) atoms. The van der Waals surface area contributed by atoms with Crippen LogP contribution in [0.3, 0.4) is 0 Å². The molecule has 0 saturated heterocycles. The molecule has 0 unspecified atom stereocenters. The average Bonchev–Trinajstić information content (AvgIpc) is 2.54. The van der Waals surface area contributed by atoms with E-state index in [1.807, 2.05) is 25.1 Å². The van der Waals surface area contributed by atoms with Crippen molar-refractivity contribution in [2.45, 2.75) is 65.4 Å². The summed E-state index contributed by atoms with van der Waals surface area (Å²) in [5.41, 5.74) is 2.43. The average molecular weight is 303 g/mol. The van der Waals surface area contributed by atoms with Crippen molar-refractivity contribution in [3.63, 3.8) is 0 Å². The van der Waals surface area contributed by atoms with Crippen molar-refractivity contribution in [2.24, 2.45) is 5.92 Å². The summed E-state index contributed by atoms with van der Waals surface area (Å²) in [4.78, 5) is 12.3. The number of amides is 1. The van der Waals surface area contributed by atoms with Crippen LogP contribution in [0.5, 0.6) is 5.75 Å². The molecule has 0 aromatic heterocycles. The van der Waals surface area contributed by atoms with Gasteiger partial charge >= 0.3 is 0 Å². The summed E-state index contributed by atoms with van der Waals surface area (Å²) in [5, 5.41) is 3.09. The van der Waals surface area contributed by atoms with Crippen molar-refractivity contribution >= 4 is 5.91 Å². The van der Waals surface area contributed by atoms with Gasteiger partial charge in [-0.05, 0) is 62.3 Å². The first-order chi connectivity index (χ1) is 10.6. The Morgan fingerprint density at radius 1 is 1.23 bits per heavy atom. The number of nitrogens with one attached hydrogen (secondary N) is 1. The van der Waals surface area contributed by atoms with Crippen molar-refractivity contribution < 1.29 is 9.53 Å². The van der Waals surface area contributed by atoms with Gasteiger partial charge in [-0.25, -0.2) is 0 Å². The molecule has 2 rings (SSSR count). The fourth-order valence-electron chi connectivity index (χ4n) is 3.02. The quantitative estimate of drug-likeness (QED) is 0.857. The van der Waals surface area contributed by atoms with Crippen LogP contribution in [0.4, 0.5) is 0 Å². The highest BCUT2D eigenvalue weighted by Crippen LogP contribution is 2.23. The predicted octanol–water partition coefficient (Wildman–Crippen LogP) is 4.16. The van der Waals surface area contributed by atoms with Crippen molar-refractivity contribution in [1.29, 1.82) is 0 Å². The summed E-state index contributed by atoms with van der Waals surface area (Å²) in [6.07, 6.45) is 6.73. The van der Waals surface area contributed by atoms with E-state index in [-0.39, 0.29) is 5.91 Å². The van der Waals surface area contributed by atoms with E-state index in [4.69, 9.17) is 4.74 Å². The summed E-state index contributed by atoms with van der Waals surface area (Å²) in [7, 11) is 0. The lowest BCUT2D eigenvalue weighted by atomic mass is 9.89. The Hall–Kier alpha value is -1.51. The number of hydrogen-bond donors (Lipinski definition) is 1. The predicted molar refractivity (Wildman–Crippen MR) is 90.2 cm³/mol. The van der Waals surface area contributed by atoms with Gasteiger partial charge in [0.25, 0.3) is 5.91 Å². The first-order valence-corrected chi connectivity index (χ1v) is 8.61. The van der Waals surface area contributed by atoms with Crippen LogP contribution in [-0.4, -0.2) is 18.6 Å². The third-order valence-electron chi connectivity index (χ3n) is 4.71. The Kier molecular flexibility index (Phi) is 6.29. The lowest BCUT2D eigenvalue weighted by Crippen LogP contribution is -2.40. The summed E-state index contributed by atoms with van der Waals surface area (Å²) in [5.74, 6) is 1.45. The number of rotatable bonds is 6. The Balaban J connectivity index is 1.86. The summed E-state index contributed by atoms with van der Waals surface area (Å²) in [6, 6.07) is 5.99. The maximum absolute atomic E-state index is 12.3. The lowest BCUT2D eigenvalue weighted by molar-refractivity contribution is -0.128. The van der Waals surface area contributed by atoms with E-state index in [0.29, 0.717) is 12.3 Å². The number of aryl methyl sites for hydroxylation is 2. The van der Waals surface area contributed by atoms with E-state index < -0.39 is 6.10 Å². The minimum absolute atomic E-state index is 0.0197. The highest BCUT2D eigenvalue weighted by molar-refractivity contribution is 5.81. The molecule has 1 aliphatic carbocycles. The molecule has 3 nitrogen and oxygen atoms in total. The third-order valence-corrected chi connectivity index (χ3v) is 4.71. The minimum atomic E-state index is -0.398. The van der Waals surface area contributed by atoms with Crippen LogP contribution in [0, 0.1) is 19.8 Å². The van der Waals surface area contributed by atoms with Crippen LogP contribution in [0.2, 0.25) is 0 Å². The standard InChI is InChI=1S/C19H29NO2/c1-4-18(22-17-11-10-14(2)15(3)12-17)19(21)20-13-16-8-6-5-7-9-16/h10-12,16,18H,4-9,13H2,1-3H3,(H,20,21)/t18-/m1/s1. The molecule has 1 aromatic carbocycles. The molecule has 0 spiro atoms. The van der Waals surface area contributed by atoms with Gasteiger partial charge in [0.1, 0.15) is 5.75 Å². The van der Waals surface area contributed by atoms with Crippen molar-refractivity contribution in [3.8, 4) is 5.75 Å². The van der Waals surface area contributed by atoms with E-state index in [2.05, 4.69) is 19.2 Å². The second-order valence-corrected chi connectivity index (χ2v) is 6.51. The first kappa shape index (κ1) is 16.9. The third kappa shape index (κ3) is 4.75. The van der Waals surface area contributed by atoms with Gasteiger partial charge < -0.3 is 10.1 Å². The Morgan fingerprint density at radius 2 is 1.95 bits per heavy atom. The van der Waals surface area contributed by atoms with Crippen molar-refractivity contribution in [2.75, 3.05) is 6.54 Å². The van der Waals surface area contributed by atoms with Crippen molar-refractivity contribution in [1.82, 2.24) is 5.32 Å². The maximum Gasteiger partial charge on any atom is 0.261 e. The molecular weight excluding hydrogens is 274 g/mol. The second-order valence-electron chi connectivity index (χ2n) is 6.51. The van der Waals surface area contributed by atoms with E-state index in [1.54, 1.807) is 0 Å². The minimum Gasteiger partial charge on any atom is -0.481 e. The van der Waals surface area contributed by atoms with Crippen LogP contribution in [0.1, 0.15) is 56.6 Å². The number of carbonyl (C=O) groups is 1. The molecular formula is C19H29NO2. The molecule has 1 amide bonds. The summed E-state index contributed by atoms with van der Waals surface area (Å²) < 4.78 is 5.89. The molecule has 0 bridgehead atoms. The number of ether oxygens (including phenoxy) is 1. The van der Waals surface area contributed by atoms with Gasteiger partial charge in [0.2, 0.25) is 0 Å². The van der Waals surface area contributed by atoms with Crippen LogP contribution >= 0.6 is 0 Å². The molecule has 3 heteroatoms. The van der Waals surface area contributed by atoms with Gasteiger partial charge in [0.15, 0.2) is 6.10 Å². The number of carbonyl (C=O) groups excluding carboxylic acids is 1. The van der Waals surface area contributed by atoms with Gasteiger partial charge in [0.05, 0.1) is 0 Å². The largest absolute Gasteiger partial charge is 0.481 e. The SMILES string of the molecule is CC[C@@H](Oc1ccc(C)c(C)c1)C(=O)NCC1CCCCC1. The monoisotopic (exact) mass is 303 g/mol. The van der Waals surface area contributed by atoms with E-state index >= 15 is 0 Å². The number of benzene rings is 1. The molecule has 1 fully saturated rings. The second kappa shape index (κ2) is 8.21. The Morgan fingerprint density at radius 3 is 2.59 bits per heavy atom. The van der Waals surface area contributed by atoms with Crippen LogP contribution in [-0.2, 0) is 4.79 Å². The smallest absolute Gasteiger partial charge is 0.261 e. The van der Waals surface area contributed by atoms with Gasteiger partial charge in [-0.3, -0.25) is 4.79 Å². The van der Waals surface area contributed by atoms with Crippen LogP contribution < -0.4 is 10.1 Å². The number of hydrogen-bond acceptors (Lipinski definition) is 2. The molecule has 0 aliphatic heterocycles. The molecule has 1 aromatic rings. The molecule has 122 valence electrons. The van der Waals surface area contributed by atoms with Gasteiger partial charge in [-0.1, -0.05) is 32.3 Å². The summed E-state index contributed by atoms with van der Waals surface area (Å²) >= 11 is 0. The van der Waals surface area contributed by atoms with Crippen LogP contribution in [0.25, 0.3) is 0 Å². The van der Waals surface area contributed by atoms with Gasteiger partial charge in [0, 0.05) is 6.54 Å². The first-order valence-electron chi connectivity index (χ1n) is 8.61. The topological polar surface area (TPSA) is 38.3 Å². The molecule has 1 N–H and O–H groups in total. The normalized spacial score (nSPS) is 17.0. The lowest BCUT2D eigenvalue weighted by Gasteiger charge is -2.23. The van der Waals surface area contributed by atoms with E-state index in [9.17, 15) is 4.79 Å². The fourth-order valence-corrected chi connectivity index (χ4v) is 3.02. The highest BCUT2D eigenvalue weighted by Gasteiger charge is 2.20. The molecule has 0 heterocycles. The summed E-state index contributed by atoms with van der Waals surface area (Å²) in [6.45, 7) is 6.93. The zero-order valence-electron chi connectivity index (χ0n) is 14.2. The van der Waals surface area contributed by atoms with E-state index in [0.717, 1.165) is 12.3 Å². The molecule has 1 atom stereocenters. The van der Waals surface area contributed by atoms with Gasteiger partial charge in [-0.2, -0.15) is 0 Å².